The Bertz CT molecular complexity index is 1580. The smallest absolute Gasteiger partial charge is 0.181 e. The molecule has 0 aliphatic rings. The molecule has 6 aromatic rings. The van der Waals surface area contributed by atoms with Crippen LogP contribution in [0.3, 0.4) is 0 Å². The van der Waals surface area contributed by atoms with Gasteiger partial charge < -0.3 is 10.3 Å². The summed E-state index contributed by atoms with van der Waals surface area (Å²) >= 11 is 1.67. The molecule has 0 amide bonds. The van der Waals surface area contributed by atoms with Crippen molar-refractivity contribution in [3.05, 3.63) is 60.6 Å². The molecule has 8 nitrogen and oxygen atoms in total. The van der Waals surface area contributed by atoms with Crippen LogP contribution in [0, 0.1) is 0 Å². The van der Waals surface area contributed by atoms with E-state index in [1.165, 1.54) is 0 Å². The summed E-state index contributed by atoms with van der Waals surface area (Å²) in [6.45, 7) is 4.20. The van der Waals surface area contributed by atoms with Crippen molar-refractivity contribution in [2.75, 3.05) is 5.32 Å². The van der Waals surface area contributed by atoms with Crippen molar-refractivity contribution in [1.29, 1.82) is 0 Å². The van der Waals surface area contributed by atoms with Gasteiger partial charge in [-0.25, -0.2) is 9.97 Å². The summed E-state index contributed by atoms with van der Waals surface area (Å²) in [7, 11) is 0. The summed E-state index contributed by atoms with van der Waals surface area (Å²) in [4.78, 5) is 22.8. The van der Waals surface area contributed by atoms with Gasteiger partial charge in [0.05, 0.1) is 22.8 Å². The van der Waals surface area contributed by atoms with Crippen molar-refractivity contribution < 1.29 is 0 Å². The zero-order chi connectivity index (χ0) is 22.4. The molecule has 6 rings (SSSR count). The predicted molar refractivity (Wildman–Crippen MR) is 132 cm³/mol. The molecular formula is C24H20N8S. The number of imidazole rings is 1. The van der Waals surface area contributed by atoms with Crippen LogP contribution < -0.4 is 5.32 Å². The van der Waals surface area contributed by atoms with E-state index < -0.39 is 0 Å². The van der Waals surface area contributed by atoms with E-state index in [0.29, 0.717) is 17.5 Å². The number of nitrogens with zero attached hydrogens (tertiary/aromatic N) is 5. The summed E-state index contributed by atoms with van der Waals surface area (Å²) in [6, 6.07) is 8.58. The van der Waals surface area contributed by atoms with Gasteiger partial charge in [0.25, 0.3) is 0 Å². The first-order valence-electron chi connectivity index (χ1n) is 10.6. The van der Waals surface area contributed by atoms with E-state index in [4.69, 9.17) is 4.98 Å². The standard InChI is InChI=1S/C24H20N8S/c1-13(2)28-16-6-14(8-25-10-16)15-7-17-22(31-32-23(17)27-9-15)24-29-19-12-26-11-18(21(19)30-24)20-4-3-5-33-20/h3-13,28H,1-2H3,(H,29,30)(H,27,31,32). The zero-order valence-electron chi connectivity index (χ0n) is 18.0. The number of thiophene rings is 1. The van der Waals surface area contributed by atoms with Gasteiger partial charge >= 0.3 is 0 Å². The summed E-state index contributed by atoms with van der Waals surface area (Å²) in [5, 5.41) is 13.8. The fourth-order valence-corrected chi connectivity index (χ4v) is 4.65. The molecule has 0 unspecified atom stereocenters. The Morgan fingerprint density at radius 1 is 1.00 bits per heavy atom. The van der Waals surface area contributed by atoms with Gasteiger partial charge in [-0.15, -0.1) is 11.3 Å². The van der Waals surface area contributed by atoms with Crippen molar-refractivity contribution in [2.45, 2.75) is 19.9 Å². The minimum Gasteiger partial charge on any atom is -0.382 e. The summed E-state index contributed by atoms with van der Waals surface area (Å²) in [6.07, 6.45) is 9.14. The average Bonchev–Trinajstić information content (AvgIpc) is 3.57. The highest BCUT2D eigenvalue weighted by Crippen LogP contribution is 2.33. The summed E-state index contributed by atoms with van der Waals surface area (Å²) in [5.41, 5.74) is 7.10. The fourth-order valence-electron chi connectivity index (χ4n) is 3.91. The van der Waals surface area contributed by atoms with Gasteiger partial charge in [0.1, 0.15) is 11.2 Å². The lowest BCUT2D eigenvalue weighted by molar-refractivity contribution is 0.898. The molecule has 0 aliphatic carbocycles. The van der Waals surface area contributed by atoms with E-state index in [9.17, 15) is 0 Å². The van der Waals surface area contributed by atoms with Gasteiger partial charge in [-0.1, -0.05) is 6.07 Å². The fraction of sp³-hybridized carbons (Fsp3) is 0.125. The van der Waals surface area contributed by atoms with Crippen LogP contribution in [0.25, 0.3) is 55.2 Å². The van der Waals surface area contributed by atoms with Gasteiger partial charge in [0.15, 0.2) is 11.5 Å². The van der Waals surface area contributed by atoms with Gasteiger partial charge in [-0.05, 0) is 37.4 Å². The molecule has 6 aromatic heterocycles. The third-order valence-corrected chi connectivity index (χ3v) is 6.26. The zero-order valence-corrected chi connectivity index (χ0v) is 18.8. The number of hydrogen-bond donors (Lipinski definition) is 3. The topological polar surface area (TPSA) is 108 Å². The van der Waals surface area contributed by atoms with Gasteiger partial charge in [0.2, 0.25) is 0 Å². The van der Waals surface area contributed by atoms with Crippen LogP contribution in [0.4, 0.5) is 5.69 Å². The molecule has 0 bridgehead atoms. The van der Waals surface area contributed by atoms with Gasteiger partial charge in [0, 0.05) is 52.4 Å². The van der Waals surface area contributed by atoms with Crippen molar-refractivity contribution >= 4 is 39.1 Å². The monoisotopic (exact) mass is 452 g/mol. The number of aromatic amines is 2. The molecule has 6 heterocycles. The van der Waals surface area contributed by atoms with Crippen LogP contribution in [0.1, 0.15) is 13.8 Å². The minimum atomic E-state index is 0.324. The minimum absolute atomic E-state index is 0.324. The number of H-pyrrole nitrogens is 2. The van der Waals surface area contributed by atoms with Crippen LogP contribution in [0.5, 0.6) is 0 Å². The highest BCUT2D eigenvalue weighted by Gasteiger charge is 2.16. The Labute approximate surface area is 193 Å². The number of pyridine rings is 3. The van der Waals surface area contributed by atoms with Gasteiger partial charge in [-0.2, -0.15) is 5.10 Å². The van der Waals surface area contributed by atoms with E-state index in [-0.39, 0.29) is 0 Å². The normalized spacial score (nSPS) is 11.6. The molecular weight excluding hydrogens is 432 g/mol. The number of rotatable bonds is 5. The third kappa shape index (κ3) is 3.52. The van der Waals surface area contributed by atoms with Crippen LogP contribution in [0.15, 0.2) is 60.6 Å². The number of anilines is 1. The molecule has 3 N–H and O–H groups in total. The molecule has 0 spiro atoms. The van der Waals surface area contributed by atoms with Crippen molar-refractivity contribution in [3.63, 3.8) is 0 Å². The highest BCUT2D eigenvalue weighted by molar-refractivity contribution is 7.13. The van der Waals surface area contributed by atoms with E-state index in [1.54, 1.807) is 17.5 Å². The first-order valence-corrected chi connectivity index (χ1v) is 11.5. The molecule has 9 heteroatoms. The number of aromatic nitrogens is 7. The van der Waals surface area contributed by atoms with E-state index in [2.05, 4.69) is 72.9 Å². The van der Waals surface area contributed by atoms with Crippen molar-refractivity contribution in [3.8, 4) is 33.1 Å². The largest absolute Gasteiger partial charge is 0.382 e. The molecule has 0 fully saturated rings. The second kappa shape index (κ2) is 7.79. The Morgan fingerprint density at radius 2 is 1.88 bits per heavy atom. The van der Waals surface area contributed by atoms with E-state index in [0.717, 1.165) is 49.4 Å². The quantitative estimate of drug-likeness (QED) is 0.318. The van der Waals surface area contributed by atoms with Crippen molar-refractivity contribution in [2.24, 2.45) is 0 Å². The van der Waals surface area contributed by atoms with E-state index in [1.807, 2.05) is 30.9 Å². The third-order valence-electron chi connectivity index (χ3n) is 5.35. The summed E-state index contributed by atoms with van der Waals surface area (Å²) in [5.74, 6) is 0.700. The van der Waals surface area contributed by atoms with Crippen LogP contribution >= 0.6 is 11.3 Å². The highest BCUT2D eigenvalue weighted by atomic mass is 32.1. The first-order chi connectivity index (χ1) is 16.2. The number of fused-ring (bicyclic) bond motifs is 2. The predicted octanol–water partition coefficient (Wildman–Crippen LogP) is 5.51. The van der Waals surface area contributed by atoms with Crippen LogP contribution in [-0.2, 0) is 0 Å². The average molecular weight is 453 g/mol. The summed E-state index contributed by atoms with van der Waals surface area (Å²) < 4.78 is 0. The lowest BCUT2D eigenvalue weighted by Crippen LogP contribution is -2.09. The number of hydrogen-bond acceptors (Lipinski definition) is 7. The van der Waals surface area contributed by atoms with Crippen molar-refractivity contribution in [1.82, 2.24) is 35.1 Å². The number of nitrogens with one attached hydrogen (secondary N) is 3. The second-order valence-corrected chi connectivity index (χ2v) is 9.05. The molecule has 162 valence electrons. The Kier molecular flexibility index (Phi) is 4.62. The Balaban J connectivity index is 1.45. The maximum absolute atomic E-state index is 4.90. The molecule has 0 saturated heterocycles. The van der Waals surface area contributed by atoms with E-state index >= 15 is 0 Å². The maximum Gasteiger partial charge on any atom is 0.181 e. The molecule has 0 radical (unpaired) electrons. The molecule has 0 atom stereocenters. The molecule has 0 saturated carbocycles. The molecule has 0 aromatic carbocycles. The van der Waals surface area contributed by atoms with Gasteiger partial charge in [-0.3, -0.25) is 15.1 Å². The Hall–Kier alpha value is -4.11. The lowest BCUT2D eigenvalue weighted by Gasteiger charge is -2.10. The van der Waals surface area contributed by atoms with Crippen LogP contribution in [0.2, 0.25) is 0 Å². The van der Waals surface area contributed by atoms with Crippen LogP contribution in [-0.4, -0.2) is 41.2 Å². The molecule has 0 aliphatic heterocycles. The second-order valence-electron chi connectivity index (χ2n) is 8.10. The Morgan fingerprint density at radius 3 is 2.73 bits per heavy atom. The molecule has 33 heavy (non-hydrogen) atoms. The lowest BCUT2D eigenvalue weighted by atomic mass is 10.1. The first kappa shape index (κ1) is 19.6. The SMILES string of the molecule is CC(C)Nc1cncc(-c2cnc3n[nH]c(-c4nc5c(-c6cccs6)cncc5[nH]4)c3c2)c1. The maximum atomic E-state index is 4.90.